The van der Waals surface area contributed by atoms with E-state index in [-0.39, 0.29) is 6.61 Å². The topological polar surface area (TPSA) is 41.5 Å². The molecule has 1 aromatic rings. The summed E-state index contributed by atoms with van der Waals surface area (Å²) in [6.45, 7) is 4.62. The highest BCUT2D eigenvalue weighted by atomic mass is 79.9. The third-order valence-corrected chi connectivity index (χ3v) is 3.62. The summed E-state index contributed by atoms with van der Waals surface area (Å²) in [6.07, 6.45) is 1.85. The number of hydrogen-bond acceptors (Lipinski definition) is 3. The Labute approximate surface area is 125 Å². The van der Waals surface area contributed by atoms with Crippen molar-refractivity contribution < 1.29 is 9.84 Å². The molecular weight excluding hydrogens is 362 g/mol. The minimum atomic E-state index is 0.266. The van der Waals surface area contributed by atoms with Crippen molar-refractivity contribution in [2.45, 2.75) is 26.3 Å². The van der Waals surface area contributed by atoms with Gasteiger partial charge in [-0.25, -0.2) is 0 Å². The fourth-order valence-electron chi connectivity index (χ4n) is 1.59. The minimum Gasteiger partial charge on any atom is -0.492 e. The van der Waals surface area contributed by atoms with E-state index in [2.05, 4.69) is 49.3 Å². The molecule has 2 N–H and O–H groups in total. The van der Waals surface area contributed by atoms with Crippen molar-refractivity contribution in [3.8, 4) is 5.75 Å². The second-order valence-corrected chi connectivity index (χ2v) is 5.64. The van der Waals surface area contributed by atoms with Crippen LogP contribution in [0.4, 0.5) is 0 Å². The molecule has 0 bridgehead atoms. The molecule has 0 radical (unpaired) electrons. The van der Waals surface area contributed by atoms with Crippen LogP contribution in [0.25, 0.3) is 0 Å². The predicted octanol–water partition coefficient (Wildman–Crippen LogP) is 3.47. The van der Waals surface area contributed by atoms with Crippen molar-refractivity contribution in [2.75, 3.05) is 19.8 Å². The van der Waals surface area contributed by atoms with Crippen molar-refractivity contribution in [2.24, 2.45) is 0 Å². The lowest BCUT2D eigenvalue weighted by atomic mass is 10.2. The monoisotopic (exact) mass is 379 g/mol. The number of hydrogen-bond donors (Lipinski definition) is 2. The van der Waals surface area contributed by atoms with E-state index in [1.165, 1.54) is 5.56 Å². The number of nitrogens with one attached hydrogen (secondary N) is 1. The molecule has 0 fully saturated rings. The first kappa shape index (κ1) is 16.0. The molecule has 0 amide bonds. The Balaban J connectivity index is 2.52. The number of unbranched alkanes of at least 4 members (excludes halogenated alkanes) is 1. The largest absolute Gasteiger partial charge is 0.492 e. The Morgan fingerprint density at radius 2 is 1.89 bits per heavy atom. The van der Waals surface area contributed by atoms with Gasteiger partial charge < -0.3 is 15.2 Å². The lowest BCUT2D eigenvalue weighted by Gasteiger charge is -2.11. The number of aliphatic hydroxyl groups excluding tert-OH is 1. The van der Waals surface area contributed by atoms with Crippen molar-refractivity contribution in [1.82, 2.24) is 5.32 Å². The molecule has 5 heteroatoms. The average molecular weight is 381 g/mol. The summed E-state index contributed by atoms with van der Waals surface area (Å²) in [5.74, 6) is 0.849. The summed E-state index contributed by atoms with van der Waals surface area (Å²) in [4.78, 5) is 0. The van der Waals surface area contributed by atoms with Gasteiger partial charge in [0, 0.05) is 13.2 Å². The van der Waals surface area contributed by atoms with E-state index < -0.39 is 0 Å². The van der Waals surface area contributed by atoms with Gasteiger partial charge in [-0.1, -0.05) is 0 Å². The third-order valence-electron chi connectivity index (χ3n) is 2.44. The summed E-state index contributed by atoms with van der Waals surface area (Å²) in [7, 11) is 0. The molecule has 1 aromatic carbocycles. The predicted molar refractivity (Wildman–Crippen MR) is 81.0 cm³/mol. The minimum absolute atomic E-state index is 0.266. The normalized spacial score (nSPS) is 10.7. The summed E-state index contributed by atoms with van der Waals surface area (Å²) in [6, 6.07) is 4.13. The molecule has 0 aliphatic heterocycles. The summed E-state index contributed by atoms with van der Waals surface area (Å²) in [5, 5.41) is 12.0. The van der Waals surface area contributed by atoms with Crippen LogP contribution in [0, 0.1) is 0 Å². The van der Waals surface area contributed by atoms with Gasteiger partial charge in [0.1, 0.15) is 5.75 Å². The van der Waals surface area contributed by atoms with E-state index >= 15 is 0 Å². The quantitative estimate of drug-likeness (QED) is 0.678. The molecule has 0 saturated heterocycles. The van der Waals surface area contributed by atoms with E-state index in [1.807, 2.05) is 6.92 Å². The van der Waals surface area contributed by atoms with Gasteiger partial charge in [-0.05, 0) is 75.9 Å². The molecule has 3 nitrogen and oxygen atoms in total. The maximum atomic E-state index is 8.68. The SMILES string of the molecule is CCOc1c(Br)cc(CNCCCCO)cc1Br. The Bertz CT molecular complexity index is 349. The van der Waals surface area contributed by atoms with Crippen molar-refractivity contribution >= 4 is 31.9 Å². The second-order valence-electron chi connectivity index (χ2n) is 3.93. The van der Waals surface area contributed by atoms with Crippen LogP contribution in [0.1, 0.15) is 25.3 Å². The lowest BCUT2D eigenvalue weighted by Crippen LogP contribution is -2.15. The molecule has 0 aliphatic carbocycles. The standard InChI is InChI=1S/C13H19Br2NO2/c1-2-18-13-11(14)7-10(8-12(13)15)9-16-5-3-4-6-17/h7-8,16-17H,2-6,9H2,1H3. The van der Waals surface area contributed by atoms with Gasteiger partial charge in [0.15, 0.2) is 0 Å². The summed E-state index contributed by atoms with van der Waals surface area (Å²) < 4.78 is 7.47. The number of halogens is 2. The maximum absolute atomic E-state index is 8.68. The molecule has 0 spiro atoms. The first-order chi connectivity index (χ1) is 8.69. The highest BCUT2D eigenvalue weighted by Gasteiger charge is 2.08. The van der Waals surface area contributed by atoms with Crippen LogP contribution in [0.15, 0.2) is 21.1 Å². The Hall–Kier alpha value is -0.100. The zero-order valence-corrected chi connectivity index (χ0v) is 13.7. The lowest BCUT2D eigenvalue weighted by molar-refractivity contribution is 0.283. The van der Waals surface area contributed by atoms with E-state index in [0.29, 0.717) is 6.61 Å². The number of benzene rings is 1. The molecule has 0 aromatic heterocycles. The molecule has 0 aliphatic rings. The Kier molecular flexibility index (Phi) is 7.90. The van der Waals surface area contributed by atoms with E-state index in [0.717, 1.165) is 40.6 Å². The van der Waals surface area contributed by atoms with Gasteiger partial charge >= 0.3 is 0 Å². The van der Waals surface area contributed by atoms with Crippen LogP contribution in [0.3, 0.4) is 0 Å². The molecule has 1 rings (SSSR count). The van der Waals surface area contributed by atoms with Crippen molar-refractivity contribution in [3.63, 3.8) is 0 Å². The fraction of sp³-hybridized carbons (Fsp3) is 0.538. The van der Waals surface area contributed by atoms with Gasteiger partial charge in [-0.15, -0.1) is 0 Å². The number of aliphatic hydroxyl groups is 1. The molecule has 102 valence electrons. The third kappa shape index (κ3) is 5.26. The Morgan fingerprint density at radius 1 is 1.22 bits per heavy atom. The smallest absolute Gasteiger partial charge is 0.147 e. The van der Waals surface area contributed by atoms with Crippen molar-refractivity contribution in [3.05, 3.63) is 26.6 Å². The molecule has 0 saturated carbocycles. The van der Waals surface area contributed by atoms with Crippen LogP contribution < -0.4 is 10.1 Å². The van der Waals surface area contributed by atoms with Gasteiger partial charge in [0.05, 0.1) is 15.6 Å². The Morgan fingerprint density at radius 3 is 2.44 bits per heavy atom. The summed E-state index contributed by atoms with van der Waals surface area (Å²) >= 11 is 7.03. The molecular formula is C13H19Br2NO2. The fourth-order valence-corrected chi connectivity index (χ4v) is 3.10. The first-order valence-electron chi connectivity index (χ1n) is 6.11. The highest BCUT2D eigenvalue weighted by Crippen LogP contribution is 2.34. The van der Waals surface area contributed by atoms with E-state index in [9.17, 15) is 0 Å². The van der Waals surface area contributed by atoms with Crippen LogP contribution in [0.2, 0.25) is 0 Å². The zero-order valence-electron chi connectivity index (χ0n) is 10.5. The first-order valence-corrected chi connectivity index (χ1v) is 7.70. The second kappa shape index (κ2) is 8.91. The van der Waals surface area contributed by atoms with E-state index in [1.54, 1.807) is 0 Å². The highest BCUT2D eigenvalue weighted by molar-refractivity contribution is 9.11. The zero-order chi connectivity index (χ0) is 13.4. The van der Waals surface area contributed by atoms with Crippen LogP contribution >= 0.6 is 31.9 Å². The average Bonchev–Trinajstić information content (AvgIpc) is 2.33. The van der Waals surface area contributed by atoms with Crippen molar-refractivity contribution in [1.29, 1.82) is 0 Å². The molecule has 0 heterocycles. The van der Waals surface area contributed by atoms with Gasteiger partial charge in [0.25, 0.3) is 0 Å². The molecule has 18 heavy (non-hydrogen) atoms. The van der Waals surface area contributed by atoms with Gasteiger partial charge in [-0.2, -0.15) is 0 Å². The molecule has 0 atom stereocenters. The van der Waals surface area contributed by atoms with E-state index in [4.69, 9.17) is 9.84 Å². The summed E-state index contributed by atoms with van der Waals surface area (Å²) in [5.41, 5.74) is 1.20. The van der Waals surface area contributed by atoms with Crippen LogP contribution in [-0.2, 0) is 6.54 Å². The number of ether oxygens (including phenoxy) is 1. The maximum Gasteiger partial charge on any atom is 0.147 e. The van der Waals surface area contributed by atoms with Gasteiger partial charge in [-0.3, -0.25) is 0 Å². The van der Waals surface area contributed by atoms with Gasteiger partial charge in [0.2, 0.25) is 0 Å². The molecule has 0 unspecified atom stereocenters. The van der Waals surface area contributed by atoms with Crippen LogP contribution in [-0.4, -0.2) is 24.9 Å². The van der Waals surface area contributed by atoms with Crippen LogP contribution in [0.5, 0.6) is 5.75 Å². The number of rotatable bonds is 8.